The largest absolute Gasteiger partial charge is 0.392 e. The lowest BCUT2D eigenvalue weighted by Crippen LogP contribution is -2.26. The number of amides is 1. The topological polar surface area (TPSA) is 78.6 Å². The second kappa shape index (κ2) is 4.35. The number of carbonyl (C=O) groups excluding carboxylic acids is 1. The number of nitrogens with zero attached hydrogens (tertiary/aromatic N) is 1. The highest BCUT2D eigenvalue weighted by molar-refractivity contribution is 6.02. The van der Waals surface area contributed by atoms with Crippen molar-refractivity contribution >= 4 is 17.3 Å². The summed E-state index contributed by atoms with van der Waals surface area (Å²) in [4.78, 5) is 13.3. The van der Waals surface area contributed by atoms with Gasteiger partial charge in [0.15, 0.2) is 0 Å². The Bertz CT molecular complexity index is 445. The van der Waals surface area contributed by atoms with E-state index in [2.05, 4.69) is 5.32 Å². The van der Waals surface area contributed by atoms with Crippen molar-refractivity contribution in [2.45, 2.75) is 19.1 Å². The third-order valence-corrected chi connectivity index (χ3v) is 2.89. The average molecular weight is 235 g/mol. The molecule has 4 N–H and O–H groups in total. The summed E-state index contributed by atoms with van der Waals surface area (Å²) in [6.45, 7) is 2.28. The van der Waals surface area contributed by atoms with E-state index in [0.29, 0.717) is 6.54 Å². The maximum atomic E-state index is 11.4. The molecule has 0 bridgehead atoms. The first-order chi connectivity index (χ1) is 7.99. The monoisotopic (exact) mass is 235 g/mol. The number of hydrogen-bond acceptors (Lipinski definition) is 4. The van der Waals surface area contributed by atoms with Crippen LogP contribution in [0.25, 0.3) is 0 Å². The summed E-state index contributed by atoms with van der Waals surface area (Å²) >= 11 is 0. The quantitative estimate of drug-likeness (QED) is 0.711. The smallest absolute Gasteiger partial charge is 0.245 e. The molecule has 1 aromatic carbocycles. The Morgan fingerprint density at radius 3 is 2.94 bits per heavy atom. The van der Waals surface area contributed by atoms with Crippen molar-refractivity contribution in [2.75, 3.05) is 23.8 Å². The van der Waals surface area contributed by atoms with Gasteiger partial charge in [-0.1, -0.05) is 6.07 Å². The summed E-state index contributed by atoms with van der Waals surface area (Å²) in [6, 6.07) is 5.07. The number of benzene rings is 1. The molecule has 0 spiro atoms. The molecule has 0 saturated carbocycles. The van der Waals surface area contributed by atoms with E-state index in [-0.39, 0.29) is 5.91 Å². The fourth-order valence-electron chi connectivity index (χ4n) is 2.01. The second-order valence-electron chi connectivity index (χ2n) is 4.47. The van der Waals surface area contributed by atoms with Crippen LogP contribution in [0.3, 0.4) is 0 Å². The van der Waals surface area contributed by atoms with E-state index in [0.717, 1.165) is 16.9 Å². The van der Waals surface area contributed by atoms with E-state index in [1.54, 1.807) is 6.92 Å². The standard InChI is InChI=1S/C12H17N3O2/c1-7(16)6-15(2)8-3-4-9-10(5-8)14-12(17)11(9)13/h3-5,7,11,16H,6,13H2,1-2H3,(H,14,17). The van der Waals surface area contributed by atoms with E-state index in [4.69, 9.17) is 5.73 Å². The fourth-order valence-corrected chi connectivity index (χ4v) is 2.01. The molecule has 1 amide bonds. The van der Waals surface area contributed by atoms with Crippen LogP contribution in [0, 0.1) is 0 Å². The zero-order valence-electron chi connectivity index (χ0n) is 9.97. The summed E-state index contributed by atoms with van der Waals surface area (Å²) < 4.78 is 0. The van der Waals surface area contributed by atoms with E-state index in [1.165, 1.54) is 0 Å². The van der Waals surface area contributed by atoms with Crippen LogP contribution in [0.1, 0.15) is 18.5 Å². The third-order valence-electron chi connectivity index (χ3n) is 2.89. The lowest BCUT2D eigenvalue weighted by molar-refractivity contribution is -0.116. The van der Waals surface area contributed by atoms with Gasteiger partial charge in [-0.15, -0.1) is 0 Å². The molecule has 0 radical (unpaired) electrons. The molecule has 1 heterocycles. The maximum Gasteiger partial charge on any atom is 0.245 e. The van der Waals surface area contributed by atoms with Gasteiger partial charge < -0.3 is 21.1 Å². The predicted octanol–water partition coefficient (Wildman–Crippen LogP) is 0.456. The Labute approximate surface area is 100 Å². The van der Waals surface area contributed by atoms with Gasteiger partial charge in [0.1, 0.15) is 6.04 Å². The van der Waals surface area contributed by atoms with Gasteiger partial charge in [0.25, 0.3) is 0 Å². The van der Waals surface area contributed by atoms with Gasteiger partial charge in [-0.2, -0.15) is 0 Å². The van der Waals surface area contributed by atoms with Crippen LogP contribution in [0.15, 0.2) is 18.2 Å². The third kappa shape index (κ3) is 2.25. The summed E-state index contributed by atoms with van der Waals surface area (Å²) in [5.41, 5.74) is 8.26. The molecule has 0 aliphatic carbocycles. The lowest BCUT2D eigenvalue weighted by atomic mass is 10.1. The van der Waals surface area contributed by atoms with E-state index < -0.39 is 12.1 Å². The van der Waals surface area contributed by atoms with E-state index in [9.17, 15) is 9.90 Å². The minimum atomic E-state index is -0.568. The van der Waals surface area contributed by atoms with Crippen molar-refractivity contribution in [1.29, 1.82) is 0 Å². The zero-order chi connectivity index (χ0) is 12.6. The summed E-state index contributed by atoms with van der Waals surface area (Å²) in [7, 11) is 1.89. The zero-order valence-corrected chi connectivity index (χ0v) is 9.97. The van der Waals surface area contributed by atoms with Gasteiger partial charge in [0.2, 0.25) is 5.91 Å². The van der Waals surface area contributed by atoms with E-state index in [1.807, 2.05) is 30.1 Å². The van der Waals surface area contributed by atoms with Crippen LogP contribution in [-0.2, 0) is 4.79 Å². The number of rotatable bonds is 3. The normalized spacial score (nSPS) is 19.8. The molecule has 1 aliphatic rings. The molecule has 1 aromatic rings. The SMILES string of the molecule is CC(O)CN(C)c1ccc2c(c1)NC(=O)C2N. The van der Waals surface area contributed by atoms with Gasteiger partial charge in [0.05, 0.1) is 6.10 Å². The summed E-state index contributed by atoms with van der Waals surface area (Å²) in [5, 5.41) is 12.1. The Morgan fingerprint density at radius 2 is 2.29 bits per heavy atom. The first-order valence-corrected chi connectivity index (χ1v) is 5.58. The highest BCUT2D eigenvalue weighted by Crippen LogP contribution is 2.32. The molecule has 92 valence electrons. The first-order valence-electron chi connectivity index (χ1n) is 5.58. The van der Waals surface area contributed by atoms with Crippen molar-refractivity contribution in [3.63, 3.8) is 0 Å². The van der Waals surface area contributed by atoms with Crippen molar-refractivity contribution < 1.29 is 9.90 Å². The van der Waals surface area contributed by atoms with E-state index >= 15 is 0 Å². The van der Waals surface area contributed by atoms with Gasteiger partial charge in [-0.25, -0.2) is 0 Å². The number of aliphatic hydroxyl groups is 1. The van der Waals surface area contributed by atoms with Gasteiger partial charge in [-0.05, 0) is 19.1 Å². The van der Waals surface area contributed by atoms with Crippen LogP contribution < -0.4 is 16.0 Å². The number of fused-ring (bicyclic) bond motifs is 1. The Balaban J connectivity index is 2.24. The second-order valence-corrected chi connectivity index (χ2v) is 4.47. The molecule has 5 heteroatoms. The molecular weight excluding hydrogens is 218 g/mol. The van der Waals surface area contributed by atoms with Crippen molar-refractivity contribution in [3.8, 4) is 0 Å². The molecule has 2 rings (SSSR count). The lowest BCUT2D eigenvalue weighted by Gasteiger charge is -2.21. The van der Waals surface area contributed by atoms with Crippen molar-refractivity contribution in [2.24, 2.45) is 5.73 Å². The minimum absolute atomic E-state index is 0.171. The van der Waals surface area contributed by atoms with Crippen molar-refractivity contribution in [1.82, 2.24) is 0 Å². The van der Waals surface area contributed by atoms with Crippen LogP contribution in [0.4, 0.5) is 11.4 Å². The van der Waals surface area contributed by atoms with Gasteiger partial charge in [0, 0.05) is 30.5 Å². The minimum Gasteiger partial charge on any atom is -0.392 e. The van der Waals surface area contributed by atoms with Crippen LogP contribution in [0.2, 0.25) is 0 Å². The molecule has 0 saturated heterocycles. The number of likely N-dealkylation sites (N-methyl/N-ethyl adjacent to an activating group) is 1. The number of anilines is 2. The molecule has 0 aromatic heterocycles. The molecule has 1 aliphatic heterocycles. The Morgan fingerprint density at radius 1 is 1.59 bits per heavy atom. The number of nitrogens with one attached hydrogen (secondary N) is 1. The highest BCUT2D eigenvalue weighted by atomic mass is 16.3. The van der Waals surface area contributed by atoms with Gasteiger partial charge >= 0.3 is 0 Å². The van der Waals surface area contributed by atoms with Crippen LogP contribution in [0.5, 0.6) is 0 Å². The molecule has 2 unspecified atom stereocenters. The number of nitrogens with two attached hydrogens (primary N) is 1. The Hall–Kier alpha value is -1.59. The first kappa shape index (κ1) is 11.9. The molecular formula is C12H17N3O2. The molecule has 2 atom stereocenters. The molecule has 5 nitrogen and oxygen atoms in total. The number of carbonyl (C=O) groups is 1. The number of aliphatic hydroxyl groups excluding tert-OH is 1. The van der Waals surface area contributed by atoms with Gasteiger partial charge in [-0.3, -0.25) is 4.79 Å². The molecule has 17 heavy (non-hydrogen) atoms. The van der Waals surface area contributed by atoms with Crippen molar-refractivity contribution in [3.05, 3.63) is 23.8 Å². The Kier molecular flexibility index (Phi) is 3.04. The predicted molar refractivity (Wildman–Crippen MR) is 67.0 cm³/mol. The summed E-state index contributed by atoms with van der Waals surface area (Å²) in [6.07, 6.45) is -0.398. The van der Waals surface area contributed by atoms with Crippen LogP contribution >= 0.6 is 0 Å². The fraction of sp³-hybridized carbons (Fsp3) is 0.417. The average Bonchev–Trinajstić information content (AvgIpc) is 2.53. The highest BCUT2D eigenvalue weighted by Gasteiger charge is 2.27. The van der Waals surface area contributed by atoms with Crippen LogP contribution in [-0.4, -0.2) is 30.7 Å². The maximum absolute atomic E-state index is 11.4. The number of hydrogen-bond donors (Lipinski definition) is 3. The molecule has 0 fully saturated rings. The summed E-state index contributed by atoms with van der Waals surface area (Å²) in [5.74, 6) is -0.171.